The number of carbonyl (C=O) groups is 1. The molecule has 3 aromatic rings. The van der Waals surface area contributed by atoms with Crippen molar-refractivity contribution >= 4 is 22.0 Å². The second-order valence-corrected chi connectivity index (χ2v) is 10.3. The van der Waals surface area contributed by atoms with Crippen molar-refractivity contribution in [3.8, 4) is 17.2 Å². The molecule has 0 spiro atoms. The van der Waals surface area contributed by atoms with Gasteiger partial charge < -0.3 is 19.1 Å². The maximum Gasteiger partial charge on any atom is 0.243 e. The number of anilines is 1. The summed E-state index contributed by atoms with van der Waals surface area (Å²) < 4.78 is 45.3. The molecule has 0 aliphatic rings. The molecule has 37 heavy (non-hydrogen) atoms. The summed E-state index contributed by atoms with van der Waals surface area (Å²) >= 11 is 0. The monoisotopic (exact) mass is 526 g/mol. The number of hydrogen-bond donors (Lipinski definition) is 0. The van der Waals surface area contributed by atoms with E-state index in [4.69, 9.17) is 14.2 Å². The average molecular weight is 527 g/mol. The predicted molar refractivity (Wildman–Crippen MR) is 144 cm³/mol. The van der Waals surface area contributed by atoms with Crippen LogP contribution >= 0.6 is 0 Å². The zero-order valence-corrected chi connectivity index (χ0v) is 22.7. The van der Waals surface area contributed by atoms with E-state index in [1.54, 1.807) is 12.1 Å². The molecular formula is C28H34N2O6S. The van der Waals surface area contributed by atoms with Gasteiger partial charge in [0.1, 0.15) is 6.29 Å². The van der Waals surface area contributed by atoms with Crippen molar-refractivity contribution in [3.63, 3.8) is 0 Å². The predicted octanol–water partition coefficient (Wildman–Crippen LogP) is 4.76. The fourth-order valence-electron chi connectivity index (χ4n) is 4.13. The quantitative estimate of drug-likeness (QED) is 0.297. The van der Waals surface area contributed by atoms with Crippen LogP contribution in [-0.2, 0) is 23.1 Å². The molecule has 0 bridgehead atoms. The number of carbonyl (C=O) groups excluding carboxylic acids is 1. The van der Waals surface area contributed by atoms with Crippen LogP contribution in [0.25, 0.3) is 0 Å². The molecule has 0 heterocycles. The van der Waals surface area contributed by atoms with E-state index in [9.17, 15) is 13.2 Å². The van der Waals surface area contributed by atoms with Crippen LogP contribution in [0.15, 0.2) is 65.6 Å². The molecule has 3 rings (SSSR count). The van der Waals surface area contributed by atoms with E-state index >= 15 is 0 Å². The topological polar surface area (TPSA) is 85.4 Å². The molecule has 0 aliphatic heterocycles. The van der Waals surface area contributed by atoms with Crippen molar-refractivity contribution in [2.75, 3.05) is 39.3 Å². The van der Waals surface area contributed by atoms with E-state index in [1.807, 2.05) is 24.3 Å². The number of sulfonamides is 1. The molecular weight excluding hydrogens is 492 g/mol. The minimum Gasteiger partial charge on any atom is -0.493 e. The van der Waals surface area contributed by atoms with Crippen LogP contribution in [0.1, 0.15) is 35.3 Å². The first kappa shape index (κ1) is 28.0. The van der Waals surface area contributed by atoms with Gasteiger partial charge in [0.2, 0.25) is 15.8 Å². The molecule has 0 N–H and O–H groups in total. The summed E-state index contributed by atoms with van der Waals surface area (Å²) in [4.78, 5) is 13.4. The Bertz CT molecular complexity index is 1260. The number of hydrogen-bond acceptors (Lipinski definition) is 7. The molecule has 198 valence electrons. The highest BCUT2D eigenvalue weighted by atomic mass is 32.2. The second-order valence-electron chi connectivity index (χ2n) is 8.33. The Morgan fingerprint density at radius 2 is 1.30 bits per heavy atom. The lowest BCUT2D eigenvalue weighted by Gasteiger charge is -2.25. The van der Waals surface area contributed by atoms with Crippen molar-refractivity contribution in [2.24, 2.45) is 0 Å². The van der Waals surface area contributed by atoms with Crippen LogP contribution in [-0.4, -0.2) is 53.4 Å². The number of benzene rings is 3. The van der Waals surface area contributed by atoms with E-state index < -0.39 is 10.0 Å². The molecule has 0 radical (unpaired) electrons. The third kappa shape index (κ3) is 6.42. The van der Waals surface area contributed by atoms with E-state index in [1.165, 1.54) is 49.9 Å². The van der Waals surface area contributed by atoms with Gasteiger partial charge in [-0.3, -0.25) is 4.79 Å². The zero-order valence-electron chi connectivity index (χ0n) is 21.9. The number of rotatable bonds is 13. The maximum atomic E-state index is 13.8. The van der Waals surface area contributed by atoms with Crippen molar-refractivity contribution < 1.29 is 27.4 Å². The van der Waals surface area contributed by atoms with Gasteiger partial charge in [0.05, 0.1) is 26.2 Å². The largest absolute Gasteiger partial charge is 0.493 e. The van der Waals surface area contributed by atoms with Crippen molar-refractivity contribution in [3.05, 3.63) is 77.4 Å². The van der Waals surface area contributed by atoms with Gasteiger partial charge in [-0.05, 0) is 61.4 Å². The van der Waals surface area contributed by atoms with Gasteiger partial charge in [0.25, 0.3) is 0 Å². The number of methoxy groups -OCH3 is 3. The first-order valence-corrected chi connectivity index (χ1v) is 13.4. The Labute approximate surface area is 219 Å². The lowest BCUT2D eigenvalue weighted by Crippen LogP contribution is -2.30. The van der Waals surface area contributed by atoms with Crippen molar-refractivity contribution in [1.82, 2.24) is 4.31 Å². The fraction of sp³-hybridized carbons (Fsp3) is 0.321. The Kier molecular flexibility index (Phi) is 9.54. The third-order valence-corrected chi connectivity index (χ3v) is 7.97. The van der Waals surface area contributed by atoms with Gasteiger partial charge >= 0.3 is 0 Å². The first-order chi connectivity index (χ1) is 17.8. The molecule has 0 atom stereocenters. The van der Waals surface area contributed by atoms with Gasteiger partial charge in [-0.1, -0.05) is 24.3 Å². The van der Waals surface area contributed by atoms with Crippen LogP contribution in [0.2, 0.25) is 0 Å². The number of ether oxygens (including phenoxy) is 3. The Morgan fingerprint density at radius 1 is 0.757 bits per heavy atom. The highest BCUT2D eigenvalue weighted by molar-refractivity contribution is 7.89. The summed E-state index contributed by atoms with van der Waals surface area (Å²) in [5, 5.41) is 0. The van der Waals surface area contributed by atoms with Gasteiger partial charge in [-0.25, -0.2) is 8.42 Å². The van der Waals surface area contributed by atoms with Crippen LogP contribution in [0.5, 0.6) is 17.2 Å². The number of aldehydes is 1. The summed E-state index contributed by atoms with van der Waals surface area (Å²) in [6.45, 7) is 6.17. The van der Waals surface area contributed by atoms with Gasteiger partial charge in [0.15, 0.2) is 11.5 Å². The highest BCUT2D eigenvalue weighted by Gasteiger charge is 2.26. The SMILES string of the molecule is CCN(CC)c1ccc(CN(Cc2cc(OC)c(OC)c(OC)c2)S(=O)(=O)c2ccc(C=O)cc2)cc1. The van der Waals surface area contributed by atoms with E-state index in [-0.39, 0.29) is 18.0 Å². The van der Waals surface area contributed by atoms with E-state index in [0.29, 0.717) is 34.7 Å². The first-order valence-electron chi connectivity index (χ1n) is 12.0. The van der Waals surface area contributed by atoms with Crippen LogP contribution in [0, 0.1) is 0 Å². The van der Waals surface area contributed by atoms with Gasteiger partial charge in [0, 0.05) is 37.4 Å². The van der Waals surface area contributed by atoms with Crippen molar-refractivity contribution in [1.29, 1.82) is 0 Å². The van der Waals surface area contributed by atoms with Crippen LogP contribution in [0.3, 0.4) is 0 Å². The molecule has 0 aliphatic carbocycles. The lowest BCUT2D eigenvalue weighted by molar-refractivity contribution is 0.112. The molecule has 0 amide bonds. The Hall–Kier alpha value is -3.56. The standard InChI is InChI=1S/C28H34N2O6S/c1-6-29(7-2)24-12-8-21(9-13-24)18-30(37(32,33)25-14-10-22(20-31)11-15-25)19-23-16-26(34-3)28(36-5)27(17-23)35-4/h8-17,20H,6-7,18-19H2,1-5H3. The summed E-state index contributed by atoms with van der Waals surface area (Å²) in [6.07, 6.45) is 0.682. The minimum atomic E-state index is -3.92. The Morgan fingerprint density at radius 3 is 1.76 bits per heavy atom. The molecule has 0 unspecified atom stereocenters. The van der Waals surface area contributed by atoms with Gasteiger partial charge in [-0.15, -0.1) is 0 Å². The van der Waals surface area contributed by atoms with E-state index in [0.717, 1.165) is 24.3 Å². The fourth-order valence-corrected chi connectivity index (χ4v) is 5.54. The minimum absolute atomic E-state index is 0.0618. The van der Waals surface area contributed by atoms with Crippen LogP contribution < -0.4 is 19.1 Å². The summed E-state index contributed by atoms with van der Waals surface area (Å²) in [5.41, 5.74) is 3.00. The zero-order chi connectivity index (χ0) is 27.0. The molecule has 0 fully saturated rings. The molecule has 9 heteroatoms. The second kappa shape index (κ2) is 12.6. The third-order valence-electron chi connectivity index (χ3n) is 6.16. The lowest BCUT2D eigenvalue weighted by atomic mass is 10.1. The molecule has 0 aromatic heterocycles. The molecule has 8 nitrogen and oxygen atoms in total. The highest BCUT2D eigenvalue weighted by Crippen LogP contribution is 2.39. The maximum absolute atomic E-state index is 13.8. The van der Waals surface area contributed by atoms with E-state index in [2.05, 4.69) is 18.7 Å². The molecule has 0 saturated heterocycles. The molecule has 3 aromatic carbocycles. The normalized spacial score (nSPS) is 11.3. The van der Waals surface area contributed by atoms with Crippen molar-refractivity contribution in [2.45, 2.75) is 31.8 Å². The molecule has 0 saturated carbocycles. The summed E-state index contributed by atoms with van der Waals surface area (Å²) in [7, 11) is 0.628. The smallest absolute Gasteiger partial charge is 0.243 e. The summed E-state index contributed by atoms with van der Waals surface area (Å²) in [6, 6.07) is 17.3. The van der Waals surface area contributed by atoms with Gasteiger partial charge in [-0.2, -0.15) is 4.31 Å². The number of nitrogens with zero attached hydrogens (tertiary/aromatic N) is 2. The Balaban J connectivity index is 2.03. The summed E-state index contributed by atoms with van der Waals surface area (Å²) in [5.74, 6) is 1.31. The van der Waals surface area contributed by atoms with Crippen LogP contribution in [0.4, 0.5) is 5.69 Å². The average Bonchev–Trinajstić information content (AvgIpc) is 2.93.